The molecular weight excluding hydrogens is 456 g/mol. The van der Waals surface area contributed by atoms with Gasteiger partial charge < -0.3 is 18.8 Å². The average Bonchev–Trinajstić information content (AvgIpc) is 3.03. The van der Waals surface area contributed by atoms with Gasteiger partial charge in [-0.1, -0.05) is 65.8 Å². The summed E-state index contributed by atoms with van der Waals surface area (Å²) in [6, 6.07) is 5.90. The smallest absolute Gasteiger partial charge is 0.411 e. The Labute approximate surface area is 212 Å². The molecule has 2 aromatic rings. The second-order valence-corrected chi connectivity index (χ2v) is 16.5. The summed E-state index contributed by atoms with van der Waals surface area (Å²) >= 11 is 0. The molecule has 1 atom stereocenters. The minimum Gasteiger partial charge on any atom is -0.445 e. The van der Waals surface area contributed by atoms with Gasteiger partial charge in [-0.25, -0.2) is 4.79 Å². The Balaban J connectivity index is 2.34. The summed E-state index contributed by atoms with van der Waals surface area (Å²) in [5, 5.41) is 14.7. The van der Waals surface area contributed by atoms with Crippen LogP contribution in [-0.4, -0.2) is 30.7 Å². The summed E-state index contributed by atoms with van der Waals surface area (Å²) in [7, 11) is 0.0928. The number of allylic oxidation sites excluding steroid dienone is 2. The summed E-state index contributed by atoms with van der Waals surface area (Å²) in [4.78, 5) is 12.5. The highest BCUT2D eigenvalue weighted by atomic mass is 28.4. The summed E-state index contributed by atoms with van der Waals surface area (Å²) in [5.41, 5.74) is 3.14. The molecule has 35 heavy (non-hydrogen) atoms. The average molecular weight is 501 g/mol. The molecule has 0 radical (unpaired) electrons. The van der Waals surface area contributed by atoms with Crippen molar-refractivity contribution >= 4 is 31.0 Å². The van der Waals surface area contributed by atoms with E-state index < -0.39 is 20.5 Å². The van der Waals surface area contributed by atoms with Crippen LogP contribution in [0.4, 0.5) is 10.5 Å². The van der Waals surface area contributed by atoms with Crippen LogP contribution in [0.2, 0.25) is 18.1 Å². The first kappa shape index (κ1) is 28.9. The number of nitrogens with one attached hydrogen (secondary N) is 1. The quantitative estimate of drug-likeness (QED) is 0.291. The van der Waals surface area contributed by atoms with Gasteiger partial charge in [0.1, 0.15) is 6.61 Å². The summed E-state index contributed by atoms with van der Waals surface area (Å²) in [5.74, 6) is 0. The number of benzene rings is 1. The highest BCUT2D eigenvalue weighted by Crippen LogP contribution is 2.38. The Morgan fingerprint density at radius 2 is 1.83 bits per heavy atom. The number of fused-ring (bicyclic) bond motifs is 1. The zero-order chi connectivity index (χ0) is 26.6. The number of amides is 1. The standard InChI is InChI=1S/C28H44N2O4Si/c1-11-13-25(31)22-17-20-16-21(19-34-35(9,10)28(5,6)7)30(8)24(20)18-23(22)29-26(32)33-15-12-14-27(2,3)4/h11-14,16-18,25,31H,15,19H2,1-10H3,(H,29,32). The van der Waals surface area contributed by atoms with E-state index in [2.05, 4.69) is 70.6 Å². The number of anilines is 1. The van der Waals surface area contributed by atoms with Gasteiger partial charge in [0.25, 0.3) is 0 Å². The van der Waals surface area contributed by atoms with E-state index in [0.717, 1.165) is 16.6 Å². The molecule has 1 unspecified atom stereocenters. The monoisotopic (exact) mass is 500 g/mol. The van der Waals surface area contributed by atoms with Crippen LogP contribution in [0.3, 0.4) is 0 Å². The van der Waals surface area contributed by atoms with Crippen LogP contribution in [0.1, 0.15) is 65.8 Å². The van der Waals surface area contributed by atoms with E-state index in [9.17, 15) is 9.90 Å². The molecule has 194 valence electrons. The lowest BCUT2D eigenvalue weighted by molar-refractivity contribution is 0.173. The fourth-order valence-corrected chi connectivity index (χ4v) is 4.32. The number of aliphatic hydroxyl groups excluding tert-OH is 1. The van der Waals surface area contributed by atoms with Gasteiger partial charge in [0.2, 0.25) is 0 Å². The normalized spacial score (nSPS) is 14.3. The number of hydrogen-bond acceptors (Lipinski definition) is 4. The minimum absolute atomic E-state index is 0.0210. The van der Waals surface area contributed by atoms with E-state index in [-0.39, 0.29) is 17.1 Å². The van der Waals surface area contributed by atoms with Crippen molar-refractivity contribution in [2.75, 3.05) is 11.9 Å². The number of hydrogen-bond donors (Lipinski definition) is 2. The number of aliphatic hydroxyl groups is 1. The van der Waals surface area contributed by atoms with Gasteiger partial charge in [-0.05, 0) is 48.7 Å². The first-order valence-electron chi connectivity index (χ1n) is 12.2. The van der Waals surface area contributed by atoms with Crippen LogP contribution in [0.25, 0.3) is 10.9 Å². The summed E-state index contributed by atoms with van der Waals surface area (Å²) in [6.07, 6.45) is 5.90. The van der Waals surface area contributed by atoms with Crippen molar-refractivity contribution in [1.82, 2.24) is 4.57 Å². The van der Waals surface area contributed by atoms with Crippen LogP contribution >= 0.6 is 0 Å². The highest BCUT2D eigenvalue weighted by Gasteiger charge is 2.37. The SMILES string of the molecule is CC=CC(O)c1cc2cc(CO[Si](C)(C)C(C)(C)C)n(C)c2cc1NC(=O)OCC=CC(C)(C)C. The second kappa shape index (κ2) is 11.1. The van der Waals surface area contributed by atoms with E-state index in [1.165, 1.54) is 0 Å². The molecule has 0 fully saturated rings. The molecule has 0 bridgehead atoms. The van der Waals surface area contributed by atoms with Crippen LogP contribution in [-0.2, 0) is 22.8 Å². The van der Waals surface area contributed by atoms with Gasteiger partial charge in [0.15, 0.2) is 8.32 Å². The maximum absolute atomic E-state index is 12.5. The van der Waals surface area contributed by atoms with E-state index in [4.69, 9.17) is 9.16 Å². The van der Waals surface area contributed by atoms with Gasteiger partial charge in [0.05, 0.1) is 23.9 Å². The third-order valence-corrected chi connectivity index (χ3v) is 11.0. The van der Waals surface area contributed by atoms with Crippen molar-refractivity contribution < 1.29 is 19.1 Å². The molecule has 1 aromatic carbocycles. The molecule has 2 N–H and O–H groups in total. The number of aryl methyl sites for hydroxylation is 1. The Hall–Kier alpha value is -2.35. The molecule has 0 saturated heterocycles. The number of aromatic nitrogens is 1. The Kier molecular flexibility index (Phi) is 9.20. The lowest BCUT2D eigenvalue weighted by Gasteiger charge is -2.36. The molecule has 2 rings (SSSR count). The third-order valence-electron chi connectivity index (χ3n) is 6.56. The van der Waals surface area contributed by atoms with Gasteiger partial charge in [-0.15, -0.1) is 0 Å². The molecule has 0 aliphatic rings. The first-order valence-corrected chi connectivity index (χ1v) is 15.1. The molecule has 7 heteroatoms. The largest absolute Gasteiger partial charge is 0.445 e. The van der Waals surface area contributed by atoms with E-state index >= 15 is 0 Å². The number of carbonyl (C=O) groups is 1. The molecule has 1 aromatic heterocycles. The zero-order valence-electron chi connectivity index (χ0n) is 23.2. The van der Waals surface area contributed by atoms with Crippen LogP contribution in [0.5, 0.6) is 0 Å². The predicted octanol–water partition coefficient (Wildman–Crippen LogP) is 7.46. The number of ether oxygens (including phenoxy) is 1. The summed E-state index contributed by atoms with van der Waals surface area (Å²) < 4.78 is 13.9. The highest BCUT2D eigenvalue weighted by molar-refractivity contribution is 6.74. The van der Waals surface area contributed by atoms with E-state index in [1.807, 2.05) is 38.3 Å². The van der Waals surface area contributed by atoms with Crippen LogP contribution < -0.4 is 5.32 Å². The van der Waals surface area contributed by atoms with E-state index in [1.54, 1.807) is 12.2 Å². The maximum atomic E-state index is 12.5. The Morgan fingerprint density at radius 1 is 1.17 bits per heavy atom. The maximum Gasteiger partial charge on any atom is 0.411 e. The molecule has 1 amide bonds. The minimum atomic E-state index is -1.90. The van der Waals surface area contributed by atoms with Crippen LogP contribution in [0.15, 0.2) is 42.5 Å². The second-order valence-electron chi connectivity index (χ2n) is 11.7. The van der Waals surface area contributed by atoms with Gasteiger partial charge in [0, 0.05) is 23.7 Å². The summed E-state index contributed by atoms with van der Waals surface area (Å²) in [6.45, 7) is 20.0. The fraction of sp³-hybridized carbons (Fsp3) is 0.536. The van der Waals surface area contributed by atoms with Crippen molar-refractivity contribution in [3.8, 4) is 0 Å². The van der Waals surface area contributed by atoms with Crippen molar-refractivity contribution in [2.24, 2.45) is 12.5 Å². The van der Waals surface area contributed by atoms with Crippen molar-refractivity contribution in [2.45, 2.75) is 79.3 Å². The van der Waals surface area contributed by atoms with E-state index in [0.29, 0.717) is 17.9 Å². The number of nitrogens with zero attached hydrogens (tertiary/aromatic N) is 1. The van der Waals surface area contributed by atoms with Crippen molar-refractivity contribution in [1.29, 1.82) is 0 Å². The van der Waals surface area contributed by atoms with Gasteiger partial charge in [-0.2, -0.15) is 0 Å². The molecule has 0 spiro atoms. The first-order chi connectivity index (χ1) is 16.1. The molecule has 1 heterocycles. The van der Waals surface area contributed by atoms with Crippen molar-refractivity contribution in [3.63, 3.8) is 0 Å². The zero-order valence-corrected chi connectivity index (χ0v) is 24.2. The fourth-order valence-electron chi connectivity index (χ4n) is 3.38. The predicted molar refractivity (Wildman–Crippen MR) is 148 cm³/mol. The molecule has 0 aliphatic heterocycles. The van der Waals surface area contributed by atoms with Crippen molar-refractivity contribution in [3.05, 3.63) is 53.8 Å². The van der Waals surface area contributed by atoms with Gasteiger partial charge >= 0.3 is 6.09 Å². The van der Waals surface area contributed by atoms with Gasteiger partial charge in [-0.3, -0.25) is 5.32 Å². The topological polar surface area (TPSA) is 72.7 Å². The molecule has 0 aliphatic carbocycles. The molecule has 0 saturated carbocycles. The Morgan fingerprint density at radius 3 is 2.40 bits per heavy atom. The third kappa shape index (κ3) is 7.82. The lowest BCUT2D eigenvalue weighted by atomic mass is 9.96. The lowest BCUT2D eigenvalue weighted by Crippen LogP contribution is -2.40. The molecular formula is C28H44N2O4Si. The number of carbonyl (C=O) groups excluding carboxylic acids is 1. The van der Waals surface area contributed by atoms with Crippen LogP contribution in [0, 0.1) is 5.41 Å². The molecule has 6 nitrogen and oxygen atoms in total. The Bertz CT molecular complexity index is 1090. The number of rotatable bonds is 8.